The highest BCUT2D eigenvalue weighted by Crippen LogP contribution is 2.26. The van der Waals surface area contributed by atoms with Gasteiger partial charge in [0.25, 0.3) is 5.69 Å². The Kier molecular flexibility index (Phi) is 5.66. The molecule has 0 bridgehead atoms. The Morgan fingerprint density at radius 3 is 2.62 bits per heavy atom. The van der Waals surface area contributed by atoms with Gasteiger partial charge in [-0.15, -0.1) is 0 Å². The molecular formula is C21H24N2O3. The fourth-order valence-electron chi connectivity index (χ4n) is 3.65. The lowest BCUT2D eigenvalue weighted by Crippen LogP contribution is -2.29. The van der Waals surface area contributed by atoms with Crippen LogP contribution in [0.1, 0.15) is 54.5 Å². The Bertz CT molecular complexity index is 817. The number of rotatable bonds is 6. The van der Waals surface area contributed by atoms with Crippen molar-refractivity contribution in [2.75, 3.05) is 0 Å². The fraction of sp³-hybridized carbons (Fsp3) is 0.381. The predicted molar refractivity (Wildman–Crippen MR) is 101 cm³/mol. The molecule has 0 aliphatic heterocycles. The van der Waals surface area contributed by atoms with Gasteiger partial charge in [-0.2, -0.15) is 0 Å². The second kappa shape index (κ2) is 8.13. The third-order valence-electron chi connectivity index (χ3n) is 5.06. The first-order valence-corrected chi connectivity index (χ1v) is 9.22. The highest BCUT2D eigenvalue weighted by atomic mass is 16.6. The van der Waals surface area contributed by atoms with Crippen molar-refractivity contribution < 1.29 is 9.72 Å². The SMILES string of the molecule is CC[C@@H](NC(=O)Cc1ccccc1[N+](=O)[O-])c1ccc2c(c1)CCCC2. The van der Waals surface area contributed by atoms with E-state index in [2.05, 4.69) is 23.5 Å². The third-order valence-corrected chi connectivity index (χ3v) is 5.06. The molecule has 0 unspecified atom stereocenters. The number of aryl methyl sites for hydroxylation is 2. The van der Waals surface area contributed by atoms with Gasteiger partial charge in [0.2, 0.25) is 5.91 Å². The molecule has 2 aromatic carbocycles. The lowest BCUT2D eigenvalue weighted by Gasteiger charge is -2.21. The van der Waals surface area contributed by atoms with E-state index in [1.165, 1.54) is 30.0 Å². The maximum Gasteiger partial charge on any atom is 0.273 e. The van der Waals surface area contributed by atoms with Crippen molar-refractivity contribution in [3.8, 4) is 0 Å². The molecule has 1 N–H and O–H groups in total. The molecule has 0 aromatic heterocycles. The number of carbonyl (C=O) groups excluding carboxylic acids is 1. The maximum absolute atomic E-state index is 12.5. The number of hydrogen-bond acceptors (Lipinski definition) is 3. The standard InChI is InChI=1S/C21H24N2O3/c1-2-19(17-12-11-15-7-3-4-8-16(15)13-17)22-21(24)14-18-9-5-6-10-20(18)23(25)26/h5-6,9-13,19H,2-4,7-8,14H2,1H3,(H,22,24)/t19-/m1/s1. The highest BCUT2D eigenvalue weighted by molar-refractivity contribution is 5.80. The minimum Gasteiger partial charge on any atom is -0.349 e. The summed E-state index contributed by atoms with van der Waals surface area (Å²) in [4.78, 5) is 23.2. The quantitative estimate of drug-likeness (QED) is 0.623. The second-order valence-electron chi connectivity index (χ2n) is 6.83. The lowest BCUT2D eigenvalue weighted by atomic mass is 9.88. The summed E-state index contributed by atoms with van der Waals surface area (Å²) in [5.74, 6) is -0.191. The average Bonchev–Trinajstić information content (AvgIpc) is 2.66. The number of hydrogen-bond donors (Lipinski definition) is 1. The van der Waals surface area contributed by atoms with E-state index in [1.807, 2.05) is 6.92 Å². The summed E-state index contributed by atoms with van der Waals surface area (Å²) in [6, 6.07) is 12.8. The molecule has 26 heavy (non-hydrogen) atoms. The summed E-state index contributed by atoms with van der Waals surface area (Å²) in [6.07, 6.45) is 5.49. The topological polar surface area (TPSA) is 72.2 Å². The first-order valence-electron chi connectivity index (χ1n) is 9.22. The van der Waals surface area contributed by atoms with E-state index < -0.39 is 4.92 Å². The van der Waals surface area contributed by atoms with E-state index in [9.17, 15) is 14.9 Å². The van der Waals surface area contributed by atoms with Crippen molar-refractivity contribution in [2.24, 2.45) is 0 Å². The largest absolute Gasteiger partial charge is 0.349 e. The number of carbonyl (C=O) groups is 1. The number of nitrogens with zero attached hydrogens (tertiary/aromatic N) is 1. The average molecular weight is 352 g/mol. The van der Waals surface area contributed by atoms with E-state index >= 15 is 0 Å². The molecule has 0 saturated heterocycles. The molecule has 2 aromatic rings. The molecule has 136 valence electrons. The molecule has 3 rings (SSSR count). The fourth-order valence-corrected chi connectivity index (χ4v) is 3.65. The first-order chi connectivity index (χ1) is 12.6. The van der Waals surface area contributed by atoms with E-state index in [0.29, 0.717) is 5.56 Å². The van der Waals surface area contributed by atoms with Gasteiger partial charge in [0, 0.05) is 11.6 Å². The van der Waals surface area contributed by atoms with Crippen LogP contribution >= 0.6 is 0 Å². The van der Waals surface area contributed by atoms with Crippen molar-refractivity contribution in [3.05, 3.63) is 74.8 Å². The molecule has 5 heteroatoms. The number of amides is 1. The van der Waals surface area contributed by atoms with Gasteiger partial charge in [-0.25, -0.2) is 0 Å². The number of nitro groups is 1. The van der Waals surface area contributed by atoms with Gasteiger partial charge in [-0.1, -0.05) is 43.3 Å². The Labute approximate surface area is 153 Å². The zero-order chi connectivity index (χ0) is 18.5. The van der Waals surface area contributed by atoms with Crippen molar-refractivity contribution in [1.82, 2.24) is 5.32 Å². The van der Waals surface area contributed by atoms with Crippen LogP contribution in [0.15, 0.2) is 42.5 Å². The lowest BCUT2D eigenvalue weighted by molar-refractivity contribution is -0.385. The number of nitro benzene ring substituents is 1. The summed E-state index contributed by atoms with van der Waals surface area (Å²) < 4.78 is 0. The van der Waals surface area contributed by atoms with Crippen LogP contribution in [0.25, 0.3) is 0 Å². The maximum atomic E-state index is 12.5. The minimum absolute atomic E-state index is 0.00974. The van der Waals surface area contributed by atoms with Crippen molar-refractivity contribution >= 4 is 11.6 Å². The molecule has 1 aliphatic carbocycles. The summed E-state index contributed by atoms with van der Waals surface area (Å²) in [7, 11) is 0. The molecule has 0 spiro atoms. The highest BCUT2D eigenvalue weighted by Gasteiger charge is 2.19. The molecule has 1 atom stereocenters. The van der Waals surface area contributed by atoms with Crippen molar-refractivity contribution in [3.63, 3.8) is 0 Å². The normalized spacial score (nSPS) is 14.3. The van der Waals surface area contributed by atoms with Crippen LogP contribution < -0.4 is 5.32 Å². The number of fused-ring (bicyclic) bond motifs is 1. The van der Waals surface area contributed by atoms with Crippen molar-refractivity contribution in [1.29, 1.82) is 0 Å². The number of para-hydroxylation sites is 1. The molecule has 5 nitrogen and oxygen atoms in total. The van der Waals surface area contributed by atoms with Crippen LogP contribution in [0, 0.1) is 10.1 Å². The Morgan fingerprint density at radius 2 is 1.88 bits per heavy atom. The van der Waals surface area contributed by atoms with E-state index in [4.69, 9.17) is 0 Å². The molecule has 0 fully saturated rings. The van der Waals surface area contributed by atoms with Crippen LogP contribution in [0.5, 0.6) is 0 Å². The minimum atomic E-state index is -0.441. The molecule has 0 saturated carbocycles. The summed E-state index contributed by atoms with van der Waals surface area (Å²) >= 11 is 0. The van der Waals surface area contributed by atoms with Crippen molar-refractivity contribution in [2.45, 2.75) is 51.5 Å². The Hall–Kier alpha value is -2.69. The monoisotopic (exact) mass is 352 g/mol. The Balaban J connectivity index is 1.72. The third kappa shape index (κ3) is 4.10. The summed E-state index contributed by atoms with van der Waals surface area (Å²) in [5, 5.41) is 14.2. The second-order valence-corrected chi connectivity index (χ2v) is 6.83. The van der Waals surface area contributed by atoms with Gasteiger partial charge in [-0.3, -0.25) is 14.9 Å². The van der Waals surface area contributed by atoms with Crippen LogP contribution in [0.2, 0.25) is 0 Å². The smallest absolute Gasteiger partial charge is 0.273 e. The van der Waals surface area contributed by atoms with Gasteiger partial charge < -0.3 is 5.32 Å². The van der Waals surface area contributed by atoms with E-state index in [1.54, 1.807) is 18.2 Å². The predicted octanol–water partition coefficient (Wildman–Crippen LogP) is 4.28. The number of benzene rings is 2. The van der Waals surface area contributed by atoms with Gasteiger partial charge in [-0.05, 0) is 48.8 Å². The summed E-state index contributed by atoms with van der Waals surface area (Å²) in [5.41, 5.74) is 4.35. The van der Waals surface area contributed by atoms with Gasteiger partial charge in [0.1, 0.15) is 0 Å². The molecule has 1 aliphatic rings. The van der Waals surface area contributed by atoms with Gasteiger partial charge in [0.15, 0.2) is 0 Å². The van der Waals surface area contributed by atoms with Gasteiger partial charge >= 0.3 is 0 Å². The molecule has 0 heterocycles. The molecular weight excluding hydrogens is 328 g/mol. The van der Waals surface area contributed by atoms with Crippen LogP contribution in [0.3, 0.4) is 0 Å². The zero-order valence-electron chi connectivity index (χ0n) is 15.0. The van der Waals surface area contributed by atoms with E-state index in [0.717, 1.165) is 24.8 Å². The van der Waals surface area contributed by atoms with Crippen LogP contribution in [-0.4, -0.2) is 10.8 Å². The molecule has 1 amide bonds. The molecule has 0 radical (unpaired) electrons. The summed E-state index contributed by atoms with van der Waals surface area (Å²) in [6.45, 7) is 2.04. The van der Waals surface area contributed by atoms with Crippen LogP contribution in [0.4, 0.5) is 5.69 Å². The Morgan fingerprint density at radius 1 is 1.15 bits per heavy atom. The zero-order valence-corrected chi connectivity index (χ0v) is 15.0. The van der Waals surface area contributed by atoms with Gasteiger partial charge in [0.05, 0.1) is 17.4 Å². The van der Waals surface area contributed by atoms with E-state index in [-0.39, 0.29) is 24.1 Å². The first kappa shape index (κ1) is 18.1. The number of nitrogens with one attached hydrogen (secondary N) is 1. The van der Waals surface area contributed by atoms with Crippen LogP contribution in [-0.2, 0) is 24.1 Å².